The van der Waals surface area contributed by atoms with Crippen LogP contribution in [0.4, 0.5) is 5.13 Å². The molecule has 0 unspecified atom stereocenters. The number of piperidine rings is 1. The lowest BCUT2D eigenvalue weighted by Crippen LogP contribution is -2.47. The van der Waals surface area contributed by atoms with Crippen molar-refractivity contribution in [1.82, 2.24) is 9.88 Å². The number of aromatic nitrogens is 1. The molecule has 27 heavy (non-hydrogen) atoms. The fraction of sp³-hybridized carbons (Fsp3) is 0.579. The molecule has 1 spiro atoms. The number of carbonyl (C=O) groups is 1. The zero-order chi connectivity index (χ0) is 18.3. The Morgan fingerprint density at radius 1 is 1.04 bits per heavy atom. The van der Waals surface area contributed by atoms with Gasteiger partial charge in [0.05, 0.1) is 36.6 Å². The second kappa shape index (κ2) is 7.01. The number of fused-ring (bicyclic) bond motifs is 1. The van der Waals surface area contributed by atoms with Gasteiger partial charge in [-0.1, -0.05) is 11.3 Å². The van der Waals surface area contributed by atoms with E-state index in [-0.39, 0.29) is 5.91 Å². The first-order valence-corrected chi connectivity index (χ1v) is 10.3. The molecule has 0 N–H and O–H groups in total. The number of amides is 1. The highest BCUT2D eigenvalue weighted by atomic mass is 32.1. The molecule has 1 aromatic carbocycles. The van der Waals surface area contributed by atoms with Crippen LogP contribution in [0.5, 0.6) is 0 Å². The second-order valence-electron chi connectivity index (χ2n) is 7.18. The van der Waals surface area contributed by atoms with Crippen molar-refractivity contribution in [2.45, 2.75) is 18.6 Å². The number of likely N-dealkylation sites (tertiary alicyclic amines) is 1. The van der Waals surface area contributed by atoms with Crippen LogP contribution in [0.15, 0.2) is 18.2 Å². The van der Waals surface area contributed by atoms with E-state index in [1.807, 2.05) is 23.1 Å². The van der Waals surface area contributed by atoms with Crippen molar-refractivity contribution < 1.29 is 19.0 Å². The van der Waals surface area contributed by atoms with Crippen molar-refractivity contribution in [1.29, 1.82) is 0 Å². The maximum atomic E-state index is 13.0. The van der Waals surface area contributed by atoms with Gasteiger partial charge in [0.1, 0.15) is 0 Å². The Morgan fingerprint density at radius 2 is 1.78 bits per heavy atom. The maximum absolute atomic E-state index is 13.0. The Labute approximate surface area is 161 Å². The molecule has 0 bridgehead atoms. The number of hydrogen-bond donors (Lipinski definition) is 0. The van der Waals surface area contributed by atoms with Crippen molar-refractivity contribution in [3.8, 4) is 0 Å². The highest BCUT2D eigenvalue weighted by Gasteiger charge is 2.40. The van der Waals surface area contributed by atoms with Gasteiger partial charge in [-0.3, -0.25) is 4.79 Å². The summed E-state index contributed by atoms with van der Waals surface area (Å²) >= 11 is 1.65. The zero-order valence-electron chi connectivity index (χ0n) is 15.2. The molecular formula is C19H23N3O4S. The molecule has 3 aliphatic rings. The summed E-state index contributed by atoms with van der Waals surface area (Å²) in [5.74, 6) is -0.378. The van der Waals surface area contributed by atoms with E-state index < -0.39 is 5.79 Å². The van der Waals surface area contributed by atoms with Crippen LogP contribution in [-0.2, 0) is 14.2 Å². The second-order valence-corrected chi connectivity index (χ2v) is 8.19. The molecule has 144 valence electrons. The van der Waals surface area contributed by atoms with Crippen LogP contribution in [0.25, 0.3) is 10.2 Å². The normalized spacial score (nSPS) is 22.7. The lowest BCUT2D eigenvalue weighted by Gasteiger charge is -2.37. The van der Waals surface area contributed by atoms with E-state index >= 15 is 0 Å². The third kappa shape index (κ3) is 3.31. The zero-order valence-corrected chi connectivity index (χ0v) is 16.0. The molecule has 7 nitrogen and oxygen atoms in total. The summed E-state index contributed by atoms with van der Waals surface area (Å²) in [5.41, 5.74) is 1.67. The van der Waals surface area contributed by atoms with Gasteiger partial charge in [0, 0.05) is 44.6 Å². The van der Waals surface area contributed by atoms with Crippen LogP contribution in [0.2, 0.25) is 0 Å². The summed E-state index contributed by atoms with van der Waals surface area (Å²) in [6.45, 7) is 5.85. The van der Waals surface area contributed by atoms with Crippen LogP contribution < -0.4 is 4.90 Å². The van der Waals surface area contributed by atoms with Crippen LogP contribution in [0, 0.1) is 0 Å². The van der Waals surface area contributed by atoms with Crippen molar-refractivity contribution in [3.05, 3.63) is 23.8 Å². The van der Waals surface area contributed by atoms with Gasteiger partial charge in [-0.05, 0) is 18.2 Å². The van der Waals surface area contributed by atoms with Gasteiger partial charge >= 0.3 is 0 Å². The predicted molar refractivity (Wildman–Crippen MR) is 102 cm³/mol. The van der Waals surface area contributed by atoms with Crippen molar-refractivity contribution >= 4 is 32.6 Å². The smallest absolute Gasteiger partial charge is 0.253 e. The molecule has 5 rings (SSSR count). The number of morpholine rings is 1. The van der Waals surface area contributed by atoms with Crippen molar-refractivity contribution in [2.24, 2.45) is 0 Å². The largest absolute Gasteiger partial charge is 0.378 e. The number of ether oxygens (including phenoxy) is 3. The average Bonchev–Trinajstić information content (AvgIpc) is 3.35. The summed E-state index contributed by atoms with van der Waals surface area (Å²) in [5, 5.41) is 1.01. The molecule has 8 heteroatoms. The Balaban J connectivity index is 1.31. The topological polar surface area (TPSA) is 64.1 Å². The fourth-order valence-electron chi connectivity index (χ4n) is 3.95. The molecule has 3 saturated heterocycles. The third-order valence-electron chi connectivity index (χ3n) is 5.53. The molecule has 0 radical (unpaired) electrons. The molecule has 0 aliphatic carbocycles. The minimum Gasteiger partial charge on any atom is -0.378 e. The number of nitrogens with zero attached hydrogens (tertiary/aromatic N) is 3. The lowest BCUT2D eigenvalue weighted by atomic mass is 10.0. The molecule has 0 saturated carbocycles. The molecule has 3 aliphatic heterocycles. The van der Waals surface area contributed by atoms with Gasteiger partial charge in [-0.15, -0.1) is 0 Å². The third-order valence-corrected chi connectivity index (χ3v) is 6.61. The number of rotatable bonds is 2. The van der Waals surface area contributed by atoms with Gasteiger partial charge in [-0.25, -0.2) is 4.98 Å². The number of anilines is 1. The monoisotopic (exact) mass is 389 g/mol. The number of carbonyl (C=O) groups excluding carboxylic acids is 1. The van der Waals surface area contributed by atoms with E-state index in [1.165, 1.54) is 0 Å². The van der Waals surface area contributed by atoms with Gasteiger partial charge < -0.3 is 24.0 Å². The van der Waals surface area contributed by atoms with Gasteiger partial charge in [0.2, 0.25) is 0 Å². The van der Waals surface area contributed by atoms with E-state index in [1.54, 1.807) is 11.3 Å². The van der Waals surface area contributed by atoms with Crippen LogP contribution in [0.1, 0.15) is 23.2 Å². The van der Waals surface area contributed by atoms with E-state index in [4.69, 9.17) is 19.2 Å². The maximum Gasteiger partial charge on any atom is 0.253 e. The summed E-state index contributed by atoms with van der Waals surface area (Å²) in [7, 11) is 0. The van der Waals surface area contributed by atoms with Crippen LogP contribution in [-0.4, -0.2) is 74.2 Å². The van der Waals surface area contributed by atoms with E-state index in [0.29, 0.717) is 26.3 Å². The van der Waals surface area contributed by atoms with Gasteiger partial charge in [-0.2, -0.15) is 0 Å². The first kappa shape index (κ1) is 17.4. The summed E-state index contributed by atoms with van der Waals surface area (Å²) in [6.07, 6.45) is 1.48. The first-order chi connectivity index (χ1) is 13.2. The Morgan fingerprint density at radius 3 is 2.52 bits per heavy atom. The Hall–Kier alpha value is -1.74. The summed E-state index contributed by atoms with van der Waals surface area (Å²) < 4.78 is 18.0. The molecular weight excluding hydrogens is 366 g/mol. The molecule has 1 aromatic heterocycles. The van der Waals surface area contributed by atoms with E-state index in [2.05, 4.69) is 4.90 Å². The van der Waals surface area contributed by atoms with Gasteiger partial charge in [0.25, 0.3) is 5.91 Å². The van der Waals surface area contributed by atoms with E-state index in [9.17, 15) is 4.79 Å². The minimum absolute atomic E-state index is 0.0751. The quantitative estimate of drug-likeness (QED) is 0.784. The average molecular weight is 389 g/mol. The summed E-state index contributed by atoms with van der Waals surface area (Å²) in [4.78, 5) is 21.8. The van der Waals surface area contributed by atoms with Crippen LogP contribution in [0.3, 0.4) is 0 Å². The Bertz CT molecular complexity index is 833. The highest BCUT2D eigenvalue weighted by Crippen LogP contribution is 2.33. The number of hydrogen-bond acceptors (Lipinski definition) is 7. The van der Waals surface area contributed by atoms with Crippen LogP contribution >= 0.6 is 11.3 Å². The molecule has 3 fully saturated rings. The molecule has 0 atom stereocenters. The van der Waals surface area contributed by atoms with Gasteiger partial charge in [0.15, 0.2) is 10.9 Å². The summed E-state index contributed by atoms with van der Waals surface area (Å²) in [6, 6.07) is 5.82. The first-order valence-electron chi connectivity index (χ1n) is 9.53. The standard InChI is InChI=1S/C19H23N3O4S/c23-17(21-5-3-19(4-6-21)25-11-12-26-19)14-1-2-15-16(13-14)27-18(20-15)22-7-9-24-10-8-22/h1-2,13H,3-12H2. The number of thiazole rings is 1. The molecule has 2 aromatic rings. The minimum atomic E-state index is -0.453. The van der Waals surface area contributed by atoms with Crippen molar-refractivity contribution in [3.63, 3.8) is 0 Å². The predicted octanol–water partition coefficient (Wildman–Crippen LogP) is 2.11. The van der Waals surface area contributed by atoms with E-state index in [0.717, 1.165) is 60.1 Å². The SMILES string of the molecule is O=C(c1ccc2nc(N3CCOCC3)sc2c1)N1CCC2(CC1)OCCO2. The molecule has 4 heterocycles. The molecule has 1 amide bonds. The Kier molecular flexibility index (Phi) is 4.51. The van der Waals surface area contributed by atoms with Crippen molar-refractivity contribution in [2.75, 3.05) is 57.5 Å². The lowest BCUT2D eigenvalue weighted by molar-refractivity contribution is -0.181. The highest BCUT2D eigenvalue weighted by molar-refractivity contribution is 7.22. The number of benzene rings is 1. The fourth-order valence-corrected chi connectivity index (χ4v) is 5.01.